The Hall–Kier alpha value is -1.45. The van der Waals surface area contributed by atoms with Crippen molar-refractivity contribution in [3.05, 3.63) is 36.8 Å². The Labute approximate surface area is 123 Å². The third-order valence-corrected chi connectivity index (χ3v) is 5.97. The molecule has 0 bridgehead atoms. The molecule has 20 heavy (non-hydrogen) atoms. The zero-order valence-electron chi connectivity index (χ0n) is 13.3. The van der Waals surface area contributed by atoms with Crippen LogP contribution in [0.1, 0.15) is 40.5 Å². The quantitative estimate of drug-likeness (QED) is 0.604. The fraction of sp³-hybridized carbons (Fsp3) is 0.562. The van der Waals surface area contributed by atoms with Gasteiger partial charge in [0.05, 0.1) is 17.7 Å². The molecular weight excluding hydrogens is 245 g/mol. The van der Waals surface area contributed by atoms with Crippen molar-refractivity contribution in [1.29, 1.82) is 0 Å². The molecule has 0 amide bonds. The average molecular weight is 270 g/mol. The lowest BCUT2D eigenvalue weighted by Gasteiger charge is -2.50. The van der Waals surface area contributed by atoms with Gasteiger partial charge in [0.15, 0.2) is 0 Å². The minimum Gasteiger partial charge on any atom is -0.380 e. The molecule has 2 unspecified atom stereocenters. The van der Waals surface area contributed by atoms with Crippen molar-refractivity contribution in [3.8, 4) is 0 Å². The number of rotatable bonds is 2. The van der Waals surface area contributed by atoms with Gasteiger partial charge in [0.2, 0.25) is 0 Å². The maximum absolute atomic E-state index is 2.48. The Morgan fingerprint density at radius 2 is 1.90 bits per heavy atom. The molecule has 106 valence electrons. The van der Waals surface area contributed by atoms with Gasteiger partial charge < -0.3 is 4.81 Å². The molecule has 3 rings (SSSR count). The Morgan fingerprint density at radius 3 is 2.55 bits per heavy atom. The van der Waals surface area contributed by atoms with Crippen LogP contribution in [0.15, 0.2) is 36.8 Å². The summed E-state index contributed by atoms with van der Waals surface area (Å²) in [5.74, 6) is 1.30. The van der Waals surface area contributed by atoms with E-state index in [9.17, 15) is 0 Å². The van der Waals surface area contributed by atoms with Crippen LogP contribution in [0.3, 0.4) is 0 Å². The molecule has 0 N–H and O–H groups in total. The SMILES string of the molecule is CCC1(C)B2N(C)C=CN2c2cccc[n+]2C1(C)CC. The Morgan fingerprint density at radius 1 is 1.15 bits per heavy atom. The molecule has 3 nitrogen and oxygen atoms in total. The molecule has 0 fully saturated rings. The van der Waals surface area contributed by atoms with Gasteiger partial charge in [-0.1, -0.05) is 26.8 Å². The molecule has 1 aromatic rings. The summed E-state index contributed by atoms with van der Waals surface area (Å²) in [6.45, 7) is 9.91. The lowest BCUT2D eigenvalue weighted by Crippen LogP contribution is -2.73. The van der Waals surface area contributed by atoms with Gasteiger partial charge in [-0.15, -0.1) is 0 Å². The van der Waals surface area contributed by atoms with Gasteiger partial charge in [-0.2, -0.15) is 0 Å². The first-order valence-electron chi connectivity index (χ1n) is 7.69. The zero-order chi connectivity index (χ0) is 14.5. The molecule has 0 saturated heterocycles. The summed E-state index contributed by atoms with van der Waals surface area (Å²) < 4.78 is 2.48. The number of nitrogens with zero attached hydrogens (tertiary/aromatic N) is 3. The van der Waals surface area contributed by atoms with Crippen LogP contribution in [-0.4, -0.2) is 18.8 Å². The fourth-order valence-corrected chi connectivity index (χ4v) is 4.25. The summed E-state index contributed by atoms with van der Waals surface area (Å²) in [5.41, 5.74) is 0.125. The van der Waals surface area contributed by atoms with Gasteiger partial charge in [0.1, 0.15) is 5.54 Å². The van der Waals surface area contributed by atoms with Crippen LogP contribution in [0.4, 0.5) is 5.82 Å². The van der Waals surface area contributed by atoms with Crippen molar-refractivity contribution in [3.63, 3.8) is 0 Å². The van der Waals surface area contributed by atoms with E-state index in [-0.39, 0.29) is 10.9 Å². The zero-order valence-corrected chi connectivity index (χ0v) is 13.3. The van der Waals surface area contributed by atoms with Crippen LogP contribution >= 0.6 is 0 Å². The Balaban J connectivity index is 2.29. The number of hydrogen-bond donors (Lipinski definition) is 0. The highest BCUT2D eigenvalue weighted by atomic mass is 15.3. The van der Waals surface area contributed by atoms with Crippen LogP contribution in [0.5, 0.6) is 0 Å². The lowest BCUT2D eigenvalue weighted by atomic mass is 9.39. The van der Waals surface area contributed by atoms with Crippen molar-refractivity contribution >= 4 is 12.8 Å². The standard InChI is InChI=1S/C16H25BN3/c1-6-15(3)16(4,7-2)19-11-9-8-10-14(19)20-13-12-18(5)17(15)20/h8-13H,6-7H2,1-5H3/q+1. The predicted molar refractivity (Wildman–Crippen MR) is 84.4 cm³/mol. The number of anilines is 1. The largest absolute Gasteiger partial charge is 0.511 e. The molecule has 4 heteroatoms. The smallest absolute Gasteiger partial charge is 0.380 e. The molecule has 0 radical (unpaired) electrons. The Bertz CT molecular complexity index is 558. The highest BCUT2D eigenvalue weighted by Gasteiger charge is 2.67. The van der Waals surface area contributed by atoms with Gasteiger partial charge in [-0.05, 0) is 32.9 Å². The second kappa shape index (κ2) is 4.27. The third-order valence-electron chi connectivity index (χ3n) is 5.97. The van der Waals surface area contributed by atoms with Crippen molar-refractivity contribution in [2.24, 2.45) is 0 Å². The van der Waals surface area contributed by atoms with E-state index in [4.69, 9.17) is 0 Å². The summed E-state index contributed by atoms with van der Waals surface area (Å²) in [7, 11) is 2.20. The lowest BCUT2D eigenvalue weighted by molar-refractivity contribution is -0.758. The summed E-state index contributed by atoms with van der Waals surface area (Å²) >= 11 is 0. The molecule has 1 aromatic heterocycles. The van der Waals surface area contributed by atoms with E-state index in [0.717, 1.165) is 12.8 Å². The van der Waals surface area contributed by atoms with Crippen LogP contribution in [0, 0.1) is 0 Å². The first kappa shape index (κ1) is 13.5. The van der Waals surface area contributed by atoms with Crippen molar-refractivity contribution in [2.45, 2.75) is 51.4 Å². The summed E-state index contributed by atoms with van der Waals surface area (Å²) in [5, 5.41) is 0.193. The molecule has 2 atom stereocenters. The number of aromatic nitrogens is 1. The van der Waals surface area contributed by atoms with E-state index in [1.165, 1.54) is 5.82 Å². The topological polar surface area (TPSA) is 10.4 Å². The van der Waals surface area contributed by atoms with E-state index >= 15 is 0 Å². The summed E-state index contributed by atoms with van der Waals surface area (Å²) in [6, 6.07) is 6.52. The van der Waals surface area contributed by atoms with Crippen LogP contribution in [0.25, 0.3) is 0 Å². The molecule has 0 spiro atoms. The normalized spacial score (nSPS) is 31.6. The molecule has 3 heterocycles. The highest BCUT2D eigenvalue weighted by molar-refractivity contribution is 6.65. The highest BCUT2D eigenvalue weighted by Crippen LogP contribution is 2.54. The van der Waals surface area contributed by atoms with E-state index in [0.29, 0.717) is 6.98 Å². The first-order valence-corrected chi connectivity index (χ1v) is 7.69. The van der Waals surface area contributed by atoms with E-state index in [2.05, 4.69) is 85.7 Å². The second-order valence-corrected chi connectivity index (χ2v) is 6.57. The van der Waals surface area contributed by atoms with E-state index in [1.54, 1.807) is 0 Å². The maximum Gasteiger partial charge on any atom is 0.511 e. The maximum atomic E-state index is 2.48. The molecule has 0 saturated carbocycles. The summed E-state index contributed by atoms with van der Waals surface area (Å²) in [4.78, 5) is 4.80. The third kappa shape index (κ3) is 1.40. The molecule has 2 aliphatic heterocycles. The number of fused-ring (bicyclic) bond motifs is 3. The van der Waals surface area contributed by atoms with Gasteiger partial charge >= 0.3 is 6.98 Å². The molecule has 2 aliphatic rings. The van der Waals surface area contributed by atoms with Gasteiger partial charge in [0.25, 0.3) is 5.82 Å². The molecule has 0 aromatic carbocycles. The van der Waals surface area contributed by atoms with Gasteiger partial charge in [-0.25, -0.2) is 4.57 Å². The number of hydrogen-bond acceptors (Lipinski definition) is 2. The van der Waals surface area contributed by atoms with Crippen LogP contribution < -0.4 is 9.38 Å². The minimum atomic E-state index is 0.125. The van der Waals surface area contributed by atoms with Crippen molar-refractivity contribution in [1.82, 2.24) is 4.81 Å². The van der Waals surface area contributed by atoms with Gasteiger partial charge in [-0.3, -0.25) is 4.81 Å². The van der Waals surface area contributed by atoms with Crippen molar-refractivity contribution < 1.29 is 4.57 Å². The van der Waals surface area contributed by atoms with Gasteiger partial charge in [0, 0.05) is 12.3 Å². The monoisotopic (exact) mass is 270 g/mol. The average Bonchev–Trinajstić information content (AvgIpc) is 2.87. The predicted octanol–water partition coefficient (Wildman–Crippen LogP) is 2.99. The van der Waals surface area contributed by atoms with Crippen molar-refractivity contribution in [2.75, 3.05) is 11.9 Å². The van der Waals surface area contributed by atoms with Crippen LogP contribution in [-0.2, 0) is 5.54 Å². The summed E-state index contributed by atoms with van der Waals surface area (Å²) in [6.07, 6.45) is 8.97. The minimum absolute atomic E-state index is 0.125. The fourth-order valence-electron chi connectivity index (χ4n) is 4.25. The first-order chi connectivity index (χ1) is 9.49. The van der Waals surface area contributed by atoms with E-state index < -0.39 is 0 Å². The Kier molecular flexibility index (Phi) is 2.89. The second-order valence-electron chi connectivity index (χ2n) is 6.57. The van der Waals surface area contributed by atoms with Crippen LogP contribution in [0.2, 0.25) is 5.31 Å². The van der Waals surface area contributed by atoms with E-state index in [1.807, 2.05) is 0 Å². The number of pyridine rings is 1. The molecule has 0 aliphatic carbocycles. The molecular formula is C16H25BN3+.